The molecule has 1 unspecified atom stereocenters. The molecule has 0 bridgehead atoms. The minimum atomic E-state index is -0.586. The highest BCUT2D eigenvalue weighted by Gasteiger charge is 2.15. The van der Waals surface area contributed by atoms with E-state index in [4.69, 9.17) is 9.47 Å². The molecule has 0 saturated heterocycles. The highest BCUT2D eigenvalue weighted by atomic mass is 16.5. The van der Waals surface area contributed by atoms with Gasteiger partial charge in [0.2, 0.25) is 0 Å². The predicted octanol–water partition coefficient (Wildman–Crippen LogP) is 3.84. The van der Waals surface area contributed by atoms with Crippen LogP contribution in [-0.2, 0) is 4.74 Å². The van der Waals surface area contributed by atoms with E-state index in [9.17, 15) is 5.11 Å². The van der Waals surface area contributed by atoms with Gasteiger partial charge in [0.15, 0.2) is 5.82 Å². The van der Waals surface area contributed by atoms with Gasteiger partial charge < -0.3 is 19.9 Å². The first kappa shape index (κ1) is 21.8. The summed E-state index contributed by atoms with van der Waals surface area (Å²) in [4.78, 5) is 4.49. The molecule has 0 aliphatic carbocycles. The van der Waals surface area contributed by atoms with Crippen LogP contribution in [0.15, 0.2) is 48.5 Å². The van der Waals surface area contributed by atoms with E-state index in [1.165, 1.54) is 5.56 Å². The van der Waals surface area contributed by atoms with Crippen molar-refractivity contribution in [1.29, 1.82) is 0 Å². The third kappa shape index (κ3) is 5.81. The number of ether oxygens (including phenoxy) is 2. The largest absolute Gasteiger partial charge is 0.466 e. The molecule has 0 amide bonds. The summed E-state index contributed by atoms with van der Waals surface area (Å²) in [5.74, 6) is 0.710. The monoisotopic (exact) mass is 410 g/mol. The summed E-state index contributed by atoms with van der Waals surface area (Å²) in [7, 11) is 1.56. The number of benzene rings is 2. The molecule has 0 saturated carbocycles. The average molecular weight is 411 g/mol. The Labute approximate surface area is 177 Å². The first-order valence-corrected chi connectivity index (χ1v) is 9.99. The van der Waals surface area contributed by atoms with E-state index in [1.54, 1.807) is 11.8 Å². The first-order chi connectivity index (χ1) is 14.2. The van der Waals surface area contributed by atoms with Crippen molar-refractivity contribution in [3.63, 3.8) is 0 Å². The summed E-state index contributed by atoms with van der Waals surface area (Å²) in [6, 6.07) is 16.2. The quantitative estimate of drug-likeness (QED) is 0.587. The van der Waals surface area contributed by atoms with Crippen LogP contribution < -0.4 is 10.1 Å². The zero-order valence-corrected chi connectivity index (χ0v) is 18.2. The molecule has 1 heterocycles. The molecule has 1 aromatic heterocycles. The average Bonchev–Trinajstić information content (AvgIpc) is 3.15. The first-order valence-electron chi connectivity index (χ1n) is 9.99. The lowest BCUT2D eigenvalue weighted by Gasteiger charge is -2.22. The fourth-order valence-corrected chi connectivity index (χ4v) is 2.81. The fraction of sp³-hybridized carbons (Fsp3) is 0.391. The van der Waals surface area contributed by atoms with Crippen LogP contribution in [0.3, 0.4) is 0 Å². The summed E-state index contributed by atoms with van der Waals surface area (Å²) in [6.07, 6.45) is -0.586. The van der Waals surface area contributed by atoms with Gasteiger partial charge in [-0.3, -0.25) is 0 Å². The SMILES string of the molecule is COc1nc(-c2ccc(C)cc2)n(-c2ccc(NCC(O)COC(C)(C)C)cc2)n1. The van der Waals surface area contributed by atoms with Crippen molar-refractivity contribution in [3.8, 4) is 23.1 Å². The molecule has 2 N–H and O–H groups in total. The normalized spacial score (nSPS) is 12.6. The van der Waals surface area contributed by atoms with Gasteiger partial charge in [0.05, 0.1) is 31.1 Å². The van der Waals surface area contributed by atoms with Gasteiger partial charge in [0.25, 0.3) is 0 Å². The topological polar surface area (TPSA) is 81.4 Å². The number of aliphatic hydroxyl groups is 1. The number of aliphatic hydroxyl groups excluding tert-OH is 1. The van der Waals surface area contributed by atoms with E-state index >= 15 is 0 Å². The van der Waals surface area contributed by atoms with E-state index in [2.05, 4.69) is 15.4 Å². The number of nitrogens with one attached hydrogen (secondary N) is 1. The molecule has 30 heavy (non-hydrogen) atoms. The van der Waals surface area contributed by atoms with E-state index in [0.29, 0.717) is 18.4 Å². The van der Waals surface area contributed by atoms with Crippen LogP contribution in [0.2, 0.25) is 0 Å². The van der Waals surface area contributed by atoms with Gasteiger partial charge in [0.1, 0.15) is 0 Å². The van der Waals surface area contributed by atoms with Gasteiger partial charge in [-0.2, -0.15) is 4.98 Å². The van der Waals surface area contributed by atoms with Crippen molar-refractivity contribution in [2.75, 3.05) is 25.6 Å². The standard InChI is InChI=1S/C23H30N4O3/c1-16-6-8-17(9-7-16)21-25-22(29-5)26-27(21)19-12-10-18(11-13-19)24-14-20(28)15-30-23(2,3)4/h6-13,20,24,28H,14-15H2,1-5H3. The molecular weight excluding hydrogens is 380 g/mol. The van der Waals surface area contributed by atoms with Crippen molar-refractivity contribution in [3.05, 3.63) is 54.1 Å². The fourth-order valence-electron chi connectivity index (χ4n) is 2.81. The van der Waals surface area contributed by atoms with Crippen LogP contribution in [0, 0.1) is 6.92 Å². The maximum atomic E-state index is 10.1. The van der Waals surface area contributed by atoms with Crippen LogP contribution in [0.4, 0.5) is 5.69 Å². The van der Waals surface area contributed by atoms with Gasteiger partial charge in [-0.05, 0) is 52.0 Å². The number of rotatable bonds is 8. The van der Waals surface area contributed by atoms with Gasteiger partial charge in [0, 0.05) is 17.8 Å². The van der Waals surface area contributed by atoms with Crippen LogP contribution in [0.25, 0.3) is 17.1 Å². The van der Waals surface area contributed by atoms with Crippen molar-refractivity contribution < 1.29 is 14.6 Å². The van der Waals surface area contributed by atoms with Gasteiger partial charge >= 0.3 is 6.01 Å². The molecule has 0 fully saturated rings. The highest BCUT2D eigenvalue weighted by molar-refractivity contribution is 5.60. The molecule has 0 radical (unpaired) electrons. The summed E-state index contributed by atoms with van der Waals surface area (Å²) < 4.78 is 12.6. The maximum absolute atomic E-state index is 10.1. The number of nitrogens with zero attached hydrogens (tertiary/aromatic N) is 3. The van der Waals surface area contributed by atoms with Gasteiger partial charge in [-0.25, -0.2) is 4.68 Å². The molecule has 160 valence electrons. The zero-order chi connectivity index (χ0) is 21.7. The maximum Gasteiger partial charge on any atom is 0.336 e. The van der Waals surface area contributed by atoms with Crippen molar-refractivity contribution in [2.45, 2.75) is 39.4 Å². The van der Waals surface area contributed by atoms with Crippen LogP contribution >= 0.6 is 0 Å². The zero-order valence-electron chi connectivity index (χ0n) is 18.2. The molecular formula is C23H30N4O3. The highest BCUT2D eigenvalue weighted by Crippen LogP contribution is 2.24. The summed E-state index contributed by atoms with van der Waals surface area (Å²) in [5, 5.41) is 17.8. The molecule has 0 aliphatic heterocycles. The van der Waals surface area contributed by atoms with Crippen molar-refractivity contribution in [2.24, 2.45) is 0 Å². The number of aromatic nitrogens is 3. The Morgan fingerprint density at radius 1 is 1.07 bits per heavy atom. The lowest BCUT2D eigenvalue weighted by atomic mass is 10.1. The number of anilines is 1. The summed E-state index contributed by atoms with van der Waals surface area (Å²) in [6.45, 7) is 8.64. The van der Waals surface area contributed by atoms with Crippen LogP contribution in [-0.4, -0.2) is 51.8 Å². The lowest BCUT2D eigenvalue weighted by molar-refractivity contribution is -0.0449. The van der Waals surface area contributed by atoms with E-state index in [1.807, 2.05) is 76.2 Å². The third-order valence-electron chi connectivity index (χ3n) is 4.44. The molecule has 1 atom stereocenters. The van der Waals surface area contributed by atoms with Crippen LogP contribution in [0.5, 0.6) is 6.01 Å². The predicted molar refractivity (Wildman–Crippen MR) is 118 cm³/mol. The summed E-state index contributed by atoms with van der Waals surface area (Å²) >= 11 is 0. The van der Waals surface area contributed by atoms with E-state index < -0.39 is 6.10 Å². The Balaban J connectivity index is 1.72. The Bertz CT molecular complexity index is 944. The Morgan fingerprint density at radius 2 is 1.73 bits per heavy atom. The number of aryl methyl sites for hydroxylation is 1. The molecule has 0 aliphatic rings. The number of methoxy groups -OCH3 is 1. The number of hydrogen-bond acceptors (Lipinski definition) is 6. The summed E-state index contributed by atoms with van der Waals surface area (Å²) in [5.41, 5.74) is 3.64. The molecule has 3 rings (SSSR count). The second kappa shape index (κ2) is 9.28. The Kier molecular flexibility index (Phi) is 6.74. The van der Waals surface area contributed by atoms with Gasteiger partial charge in [-0.15, -0.1) is 5.10 Å². The van der Waals surface area contributed by atoms with Crippen molar-refractivity contribution in [1.82, 2.24) is 14.8 Å². The minimum absolute atomic E-state index is 0.267. The minimum Gasteiger partial charge on any atom is -0.466 e. The smallest absolute Gasteiger partial charge is 0.336 e. The van der Waals surface area contributed by atoms with Crippen molar-refractivity contribution >= 4 is 5.69 Å². The van der Waals surface area contributed by atoms with E-state index in [-0.39, 0.29) is 12.2 Å². The third-order valence-corrected chi connectivity index (χ3v) is 4.44. The molecule has 0 spiro atoms. The molecule has 2 aromatic carbocycles. The second-order valence-electron chi connectivity index (χ2n) is 8.20. The Morgan fingerprint density at radius 3 is 2.33 bits per heavy atom. The second-order valence-corrected chi connectivity index (χ2v) is 8.20. The molecule has 7 nitrogen and oxygen atoms in total. The van der Waals surface area contributed by atoms with Gasteiger partial charge in [-0.1, -0.05) is 29.8 Å². The van der Waals surface area contributed by atoms with E-state index in [0.717, 1.165) is 16.9 Å². The van der Waals surface area contributed by atoms with Crippen LogP contribution in [0.1, 0.15) is 26.3 Å². The Hall–Kier alpha value is -2.90. The molecule has 7 heteroatoms. The lowest BCUT2D eigenvalue weighted by Crippen LogP contribution is -2.30. The molecule has 3 aromatic rings. The number of hydrogen-bond donors (Lipinski definition) is 2.